The summed E-state index contributed by atoms with van der Waals surface area (Å²) in [5.74, 6) is -0.746. The number of halogens is 1. The highest BCUT2D eigenvalue weighted by molar-refractivity contribution is 5.90. The molecule has 0 unspecified atom stereocenters. The Kier molecular flexibility index (Phi) is 5.89. The largest absolute Gasteiger partial charge is 0.483 e. The summed E-state index contributed by atoms with van der Waals surface area (Å²) in [5.41, 5.74) is 2.52. The van der Waals surface area contributed by atoms with E-state index < -0.39 is 11.7 Å². The summed E-state index contributed by atoms with van der Waals surface area (Å²) in [6.45, 7) is 3.88. The van der Waals surface area contributed by atoms with Crippen molar-refractivity contribution in [3.8, 4) is 5.75 Å². The smallest absolute Gasteiger partial charge is 0.244 e. The van der Waals surface area contributed by atoms with Gasteiger partial charge in [-0.05, 0) is 37.1 Å². The van der Waals surface area contributed by atoms with E-state index in [1.165, 1.54) is 24.4 Å². The van der Waals surface area contributed by atoms with Gasteiger partial charge in [0, 0.05) is 11.8 Å². The molecule has 6 heteroatoms. The zero-order valence-corrected chi connectivity index (χ0v) is 15.7. The molecule has 3 rings (SSSR count). The zero-order valence-electron chi connectivity index (χ0n) is 15.7. The Labute approximate surface area is 162 Å². The van der Waals surface area contributed by atoms with Crippen molar-refractivity contribution in [3.63, 3.8) is 0 Å². The van der Waals surface area contributed by atoms with E-state index in [9.17, 15) is 14.0 Å². The van der Waals surface area contributed by atoms with E-state index in [4.69, 9.17) is 4.74 Å². The van der Waals surface area contributed by atoms with Crippen LogP contribution in [0.5, 0.6) is 5.75 Å². The zero-order chi connectivity index (χ0) is 20.1. The normalized spacial score (nSPS) is 10.5. The molecular weight excluding hydrogens is 359 g/mol. The molecule has 28 heavy (non-hydrogen) atoms. The molecule has 0 radical (unpaired) electrons. The Morgan fingerprint density at radius 2 is 1.82 bits per heavy atom. The molecule has 3 aromatic rings. The first-order valence-corrected chi connectivity index (χ1v) is 8.87. The number of anilines is 1. The minimum absolute atomic E-state index is 0.0683. The Hall–Kier alpha value is -3.41. The average Bonchev–Trinajstić information content (AvgIpc) is 2.66. The lowest BCUT2D eigenvalue weighted by atomic mass is 10.1. The molecule has 0 aliphatic carbocycles. The SMILES string of the molecule is Cc1ccccc1COc1cn(CC(=O)Nc2ccccc2F)c(C)cc1=O. The number of pyridine rings is 1. The van der Waals surface area contributed by atoms with Crippen molar-refractivity contribution < 1.29 is 13.9 Å². The Morgan fingerprint density at radius 1 is 1.11 bits per heavy atom. The molecule has 0 spiro atoms. The maximum absolute atomic E-state index is 13.7. The number of ether oxygens (including phenoxy) is 1. The highest BCUT2D eigenvalue weighted by Gasteiger charge is 2.11. The van der Waals surface area contributed by atoms with Gasteiger partial charge in [0.05, 0.1) is 11.9 Å². The minimum Gasteiger partial charge on any atom is -0.483 e. The minimum atomic E-state index is -0.505. The number of nitrogens with zero attached hydrogens (tertiary/aromatic N) is 1. The molecule has 0 aliphatic heterocycles. The summed E-state index contributed by atoms with van der Waals surface area (Å²) in [6.07, 6.45) is 1.51. The number of rotatable bonds is 6. The second-order valence-corrected chi connectivity index (χ2v) is 6.51. The summed E-state index contributed by atoms with van der Waals surface area (Å²) in [6, 6.07) is 15.1. The van der Waals surface area contributed by atoms with Crippen LogP contribution in [0.4, 0.5) is 10.1 Å². The van der Waals surface area contributed by atoms with Crippen molar-refractivity contribution in [1.29, 1.82) is 0 Å². The van der Waals surface area contributed by atoms with E-state index in [2.05, 4.69) is 5.32 Å². The predicted octanol–water partition coefficient (Wildman–Crippen LogP) is 3.82. The van der Waals surface area contributed by atoms with E-state index in [0.29, 0.717) is 5.69 Å². The first-order chi connectivity index (χ1) is 13.4. The number of aromatic nitrogens is 1. The molecule has 1 N–H and O–H groups in total. The fraction of sp³-hybridized carbons (Fsp3) is 0.182. The van der Waals surface area contributed by atoms with Crippen molar-refractivity contribution in [2.24, 2.45) is 0 Å². The van der Waals surface area contributed by atoms with Gasteiger partial charge < -0.3 is 14.6 Å². The number of para-hydroxylation sites is 1. The summed E-state index contributed by atoms with van der Waals surface area (Å²) in [7, 11) is 0. The molecule has 0 aliphatic rings. The number of aryl methyl sites for hydroxylation is 2. The van der Waals surface area contributed by atoms with Gasteiger partial charge in [0.2, 0.25) is 11.3 Å². The summed E-state index contributed by atoms with van der Waals surface area (Å²) >= 11 is 0. The lowest BCUT2D eigenvalue weighted by molar-refractivity contribution is -0.116. The third kappa shape index (κ3) is 4.65. The van der Waals surface area contributed by atoms with Gasteiger partial charge in [-0.1, -0.05) is 36.4 Å². The third-order valence-electron chi connectivity index (χ3n) is 4.42. The van der Waals surface area contributed by atoms with Crippen LogP contribution in [0.3, 0.4) is 0 Å². The van der Waals surface area contributed by atoms with Crippen LogP contribution >= 0.6 is 0 Å². The summed E-state index contributed by atoms with van der Waals surface area (Å²) in [4.78, 5) is 24.5. The van der Waals surface area contributed by atoms with E-state index in [1.807, 2.05) is 31.2 Å². The molecule has 1 aromatic heterocycles. The number of carbonyl (C=O) groups excluding carboxylic acids is 1. The molecule has 0 atom stereocenters. The topological polar surface area (TPSA) is 60.3 Å². The summed E-state index contributed by atoms with van der Waals surface area (Å²) < 4.78 is 21.0. The van der Waals surface area contributed by atoms with Crippen LogP contribution < -0.4 is 15.5 Å². The van der Waals surface area contributed by atoms with Crippen molar-refractivity contribution in [1.82, 2.24) is 4.57 Å². The predicted molar refractivity (Wildman–Crippen MR) is 106 cm³/mol. The molecule has 1 heterocycles. The Morgan fingerprint density at radius 3 is 2.57 bits per heavy atom. The highest BCUT2D eigenvalue weighted by Crippen LogP contribution is 2.14. The first kappa shape index (κ1) is 19.4. The van der Waals surface area contributed by atoms with Gasteiger partial charge in [-0.25, -0.2) is 4.39 Å². The number of benzene rings is 2. The highest BCUT2D eigenvalue weighted by atomic mass is 19.1. The molecule has 0 saturated carbocycles. The van der Waals surface area contributed by atoms with Crippen LogP contribution in [-0.4, -0.2) is 10.5 Å². The van der Waals surface area contributed by atoms with Gasteiger partial charge >= 0.3 is 0 Å². The lowest BCUT2D eigenvalue weighted by Crippen LogP contribution is -2.22. The van der Waals surface area contributed by atoms with Gasteiger partial charge in [0.15, 0.2) is 5.75 Å². The Bertz CT molecular complexity index is 1060. The van der Waals surface area contributed by atoms with Gasteiger partial charge in [-0.3, -0.25) is 9.59 Å². The second-order valence-electron chi connectivity index (χ2n) is 6.51. The van der Waals surface area contributed by atoms with E-state index in [0.717, 1.165) is 11.1 Å². The van der Waals surface area contributed by atoms with Crippen LogP contribution in [0.1, 0.15) is 16.8 Å². The van der Waals surface area contributed by atoms with Crippen LogP contribution in [0.2, 0.25) is 0 Å². The molecule has 5 nitrogen and oxygen atoms in total. The van der Waals surface area contributed by atoms with Crippen LogP contribution in [0.25, 0.3) is 0 Å². The molecular formula is C22H21FN2O3. The molecule has 0 saturated heterocycles. The molecule has 1 amide bonds. The standard InChI is InChI=1S/C22H21FN2O3/c1-15-7-3-4-8-17(15)14-28-21-12-25(16(2)11-20(21)26)13-22(27)24-19-10-6-5-9-18(19)23/h3-12H,13-14H2,1-2H3,(H,24,27). The van der Waals surface area contributed by atoms with E-state index in [-0.39, 0.29) is 30.0 Å². The number of amides is 1. The molecule has 2 aromatic carbocycles. The lowest BCUT2D eigenvalue weighted by Gasteiger charge is -2.14. The first-order valence-electron chi connectivity index (χ1n) is 8.87. The maximum atomic E-state index is 13.7. The van der Waals surface area contributed by atoms with E-state index >= 15 is 0 Å². The number of hydrogen-bond acceptors (Lipinski definition) is 3. The monoisotopic (exact) mass is 380 g/mol. The number of carbonyl (C=O) groups is 1. The van der Waals surface area contributed by atoms with Gasteiger partial charge in [0.1, 0.15) is 19.0 Å². The van der Waals surface area contributed by atoms with E-state index in [1.54, 1.807) is 23.6 Å². The van der Waals surface area contributed by atoms with Crippen molar-refractivity contribution in [2.45, 2.75) is 27.0 Å². The number of hydrogen-bond donors (Lipinski definition) is 1. The third-order valence-corrected chi connectivity index (χ3v) is 4.42. The fourth-order valence-electron chi connectivity index (χ4n) is 2.76. The quantitative estimate of drug-likeness (QED) is 0.707. The second kappa shape index (κ2) is 8.52. The maximum Gasteiger partial charge on any atom is 0.244 e. The van der Waals surface area contributed by atoms with Gasteiger partial charge in [0.25, 0.3) is 0 Å². The molecule has 144 valence electrons. The number of nitrogens with one attached hydrogen (secondary N) is 1. The van der Waals surface area contributed by atoms with Crippen molar-refractivity contribution in [3.05, 3.63) is 93.7 Å². The molecule has 0 fully saturated rings. The van der Waals surface area contributed by atoms with Crippen molar-refractivity contribution in [2.75, 3.05) is 5.32 Å². The van der Waals surface area contributed by atoms with Crippen molar-refractivity contribution >= 4 is 11.6 Å². The fourth-order valence-corrected chi connectivity index (χ4v) is 2.76. The van der Waals surface area contributed by atoms with Crippen LogP contribution in [-0.2, 0) is 17.9 Å². The average molecular weight is 380 g/mol. The Balaban J connectivity index is 1.74. The van der Waals surface area contributed by atoms with Gasteiger partial charge in [-0.15, -0.1) is 0 Å². The van der Waals surface area contributed by atoms with Crippen LogP contribution in [0.15, 0.2) is 65.6 Å². The van der Waals surface area contributed by atoms with Crippen LogP contribution in [0, 0.1) is 19.7 Å². The summed E-state index contributed by atoms with van der Waals surface area (Å²) in [5, 5.41) is 2.53. The van der Waals surface area contributed by atoms with Gasteiger partial charge in [-0.2, -0.15) is 0 Å². The molecule has 0 bridgehead atoms.